The molecule has 141 valence electrons. The van der Waals surface area contributed by atoms with Gasteiger partial charge in [-0.05, 0) is 24.3 Å². The largest absolute Gasteiger partial charge is 3.00 e. The van der Waals surface area contributed by atoms with Crippen LogP contribution in [0.4, 0.5) is 0 Å². The summed E-state index contributed by atoms with van der Waals surface area (Å²) in [5.41, 5.74) is 3.43. The smallest absolute Gasteiger partial charge is 1.00 e. The minimum atomic E-state index is 0. The van der Waals surface area contributed by atoms with Crippen molar-refractivity contribution in [1.29, 1.82) is 0 Å². The van der Waals surface area contributed by atoms with Crippen molar-refractivity contribution in [2.24, 2.45) is 5.92 Å². The van der Waals surface area contributed by atoms with E-state index in [1.807, 2.05) is 18.0 Å². The van der Waals surface area contributed by atoms with Crippen molar-refractivity contribution in [2.45, 2.75) is 13.8 Å². The van der Waals surface area contributed by atoms with Crippen LogP contribution in [0.5, 0.6) is 0 Å². The maximum Gasteiger partial charge on any atom is 3.00 e. The van der Waals surface area contributed by atoms with E-state index in [2.05, 4.69) is 91.7 Å². The quantitative estimate of drug-likeness (QED) is 0.452. The molecule has 28 heavy (non-hydrogen) atoms. The van der Waals surface area contributed by atoms with E-state index in [0.29, 0.717) is 5.92 Å². The summed E-state index contributed by atoms with van der Waals surface area (Å²) in [6.45, 7) is 4.22. The molecule has 0 bridgehead atoms. The van der Waals surface area contributed by atoms with Crippen LogP contribution in [0.25, 0.3) is 22.0 Å². The van der Waals surface area contributed by atoms with Crippen LogP contribution in [0.15, 0.2) is 88.8 Å². The van der Waals surface area contributed by atoms with E-state index in [1.54, 1.807) is 0 Å². The first-order chi connectivity index (χ1) is 12.2. The van der Waals surface area contributed by atoms with Gasteiger partial charge in [-0.1, -0.05) is 66.4 Å². The van der Waals surface area contributed by atoms with Gasteiger partial charge in [0.2, 0.25) is 0 Å². The fourth-order valence-corrected chi connectivity index (χ4v) is 4.14. The predicted molar refractivity (Wildman–Crippen MR) is 110 cm³/mol. The molecule has 2 aromatic carbocycles. The van der Waals surface area contributed by atoms with E-state index in [4.69, 9.17) is 0 Å². The van der Waals surface area contributed by atoms with E-state index in [0.717, 1.165) is 5.69 Å². The van der Waals surface area contributed by atoms with Gasteiger partial charge < -0.3 is 24.8 Å². The molecule has 5 heteroatoms. The molecular formula is C23H20Cl2NSZr. The number of benzene rings is 1. The Morgan fingerprint density at radius 2 is 1.82 bits per heavy atom. The number of pyridine rings is 1. The third-order valence-electron chi connectivity index (χ3n) is 4.43. The predicted octanol–water partition coefficient (Wildman–Crippen LogP) is 0.642. The van der Waals surface area contributed by atoms with Crippen LogP contribution < -0.4 is 24.8 Å². The molecule has 0 amide bonds. The Labute approximate surface area is 202 Å². The first-order valence-corrected chi connectivity index (χ1v) is 9.34. The number of aromatic nitrogens is 1. The molecule has 1 atom stereocenters. The Bertz CT molecular complexity index is 970. The molecule has 0 N–H and O–H groups in total. The molecule has 1 radical (unpaired) electrons. The maximum absolute atomic E-state index is 4.44. The summed E-state index contributed by atoms with van der Waals surface area (Å²) in [7, 11) is 0. The van der Waals surface area contributed by atoms with Crippen LogP contribution in [0.1, 0.15) is 12.5 Å². The van der Waals surface area contributed by atoms with Gasteiger partial charge in [0.05, 0.1) is 0 Å². The Hall–Kier alpha value is -0.987. The molecule has 0 saturated carbocycles. The van der Waals surface area contributed by atoms with Crippen LogP contribution >= 0.6 is 11.8 Å². The Morgan fingerprint density at radius 3 is 2.50 bits per heavy atom. The molecule has 2 heterocycles. The monoisotopic (exact) mass is 502 g/mol. The van der Waals surface area contributed by atoms with Crippen LogP contribution in [-0.4, -0.2) is 4.98 Å². The number of hydrogen-bond acceptors (Lipinski definition) is 2. The third kappa shape index (κ3) is 5.77. The van der Waals surface area contributed by atoms with Crippen molar-refractivity contribution in [3.8, 4) is 11.3 Å². The van der Waals surface area contributed by atoms with Gasteiger partial charge in [-0.25, -0.2) is 0 Å². The van der Waals surface area contributed by atoms with Gasteiger partial charge in [0, 0.05) is 22.7 Å². The average molecular weight is 505 g/mol. The van der Waals surface area contributed by atoms with E-state index in [-0.39, 0.29) is 51.0 Å². The zero-order valence-corrected chi connectivity index (χ0v) is 20.5. The van der Waals surface area contributed by atoms with Crippen LogP contribution in [0, 0.1) is 12.8 Å². The molecule has 1 aliphatic heterocycles. The summed E-state index contributed by atoms with van der Waals surface area (Å²) < 4.78 is 0. The fraction of sp³-hybridized carbons (Fsp3) is 0.130. The summed E-state index contributed by atoms with van der Waals surface area (Å²) in [4.78, 5) is 7.38. The number of thioether (sulfide) groups is 1. The second-order valence-corrected chi connectivity index (χ2v) is 7.77. The Kier molecular flexibility index (Phi) is 10.1. The molecule has 0 fully saturated rings. The van der Waals surface area contributed by atoms with Gasteiger partial charge in [0.1, 0.15) is 0 Å². The summed E-state index contributed by atoms with van der Waals surface area (Å²) in [6.07, 6.45) is 10.8. The molecule has 0 spiro atoms. The van der Waals surface area contributed by atoms with Gasteiger partial charge in [0.25, 0.3) is 0 Å². The van der Waals surface area contributed by atoms with Crippen LogP contribution in [-0.2, 0) is 26.2 Å². The normalized spacial score (nSPS) is 15.9. The molecule has 2 aliphatic rings. The summed E-state index contributed by atoms with van der Waals surface area (Å²) >= 11 is 1.90. The van der Waals surface area contributed by atoms with Crippen molar-refractivity contribution >= 4 is 22.5 Å². The average Bonchev–Trinajstić information content (AvgIpc) is 3.29. The van der Waals surface area contributed by atoms with Gasteiger partial charge >= 0.3 is 26.2 Å². The molecule has 3 aromatic rings. The standard InChI is InChI=1S/C15H12N.C8H8S.2ClH.Zr/c1-11-6-7-15(16-10-11)14-8-12-4-2-3-5-13(12)9-14;1-6-5-7-3-2-4-8(7)9-6;;;/h2-10H,1H3;2-5,7H,1H3;2*1H;/q-1;;;;+3/p-2. The topological polar surface area (TPSA) is 12.9 Å². The van der Waals surface area contributed by atoms with Gasteiger partial charge in [-0.15, -0.1) is 34.5 Å². The zero-order chi connectivity index (χ0) is 17.2. The van der Waals surface area contributed by atoms with Crippen LogP contribution in [0.2, 0.25) is 0 Å². The molecule has 5 rings (SSSR count). The zero-order valence-electron chi connectivity index (χ0n) is 15.7. The van der Waals surface area contributed by atoms with E-state index in [9.17, 15) is 0 Å². The SMILES string of the molecule is CC1=CC2C=CC=C2S1.Cc1ccc(-c2cc3ccccc3[cH-]2)nc1.[Cl-].[Cl-].[Zr+3]. The second-order valence-electron chi connectivity index (χ2n) is 6.45. The molecular weight excluding hydrogens is 484 g/mol. The van der Waals surface area contributed by atoms with E-state index < -0.39 is 0 Å². The summed E-state index contributed by atoms with van der Waals surface area (Å²) in [5.74, 6) is 0.634. The number of allylic oxidation sites excluding steroid dienone is 6. The third-order valence-corrected chi connectivity index (χ3v) is 5.53. The van der Waals surface area contributed by atoms with Crippen molar-refractivity contribution in [1.82, 2.24) is 4.98 Å². The van der Waals surface area contributed by atoms with Gasteiger partial charge in [0.15, 0.2) is 0 Å². The van der Waals surface area contributed by atoms with Crippen molar-refractivity contribution in [2.75, 3.05) is 0 Å². The van der Waals surface area contributed by atoms with Crippen molar-refractivity contribution < 1.29 is 51.0 Å². The fourth-order valence-electron chi connectivity index (χ4n) is 3.13. The Morgan fingerprint density at radius 1 is 1.04 bits per heavy atom. The molecule has 1 nitrogen and oxygen atoms in total. The summed E-state index contributed by atoms with van der Waals surface area (Å²) in [6, 6.07) is 16.9. The van der Waals surface area contributed by atoms with Gasteiger partial charge in [-0.2, -0.15) is 0 Å². The number of nitrogens with zero attached hydrogens (tertiary/aromatic N) is 1. The number of aryl methyl sites for hydroxylation is 1. The summed E-state index contributed by atoms with van der Waals surface area (Å²) in [5, 5.41) is 2.56. The van der Waals surface area contributed by atoms with E-state index in [1.165, 1.54) is 31.7 Å². The van der Waals surface area contributed by atoms with Gasteiger partial charge in [-0.3, -0.25) is 4.98 Å². The number of hydrogen-bond donors (Lipinski definition) is 0. The number of rotatable bonds is 1. The van der Waals surface area contributed by atoms with Crippen molar-refractivity contribution in [3.63, 3.8) is 0 Å². The number of fused-ring (bicyclic) bond motifs is 2. The molecule has 1 aromatic heterocycles. The minimum absolute atomic E-state index is 0. The van der Waals surface area contributed by atoms with Crippen LogP contribution in [0.3, 0.4) is 0 Å². The van der Waals surface area contributed by atoms with E-state index >= 15 is 0 Å². The minimum Gasteiger partial charge on any atom is -1.00 e. The van der Waals surface area contributed by atoms with Crippen molar-refractivity contribution in [3.05, 3.63) is 94.4 Å². The molecule has 1 aliphatic carbocycles. The maximum atomic E-state index is 4.44. The first-order valence-electron chi connectivity index (χ1n) is 8.52. The Balaban J connectivity index is 0.000000284. The molecule has 0 saturated heterocycles. The first kappa shape index (κ1) is 25.1. The second kappa shape index (κ2) is 11.3. The number of halogens is 2. The molecule has 1 unspecified atom stereocenters.